The average Bonchev–Trinajstić information content (AvgIpc) is 2.35. The number of hydrogen-bond acceptors (Lipinski definition) is 5. The number of anilines is 2. The molecule has 8 heteroatoms. The zero-order valence-corrected chi connectivity index (χ0v) is 12.4. The quantitative estimate of drug-likeness (QED) is 0.633. The van der Waals surface area contributed by atoms with Crippen molar-refractivity contribution in [3.63, 3.8) is 0 Å². The summed E-state index contributed by atoms with van der Waals surface area (Å²) >= 11 is 0. The molecule has 0 saturated carbocycles. The van der Waals surface area contributed by atoms with E-state index in [1.54, 1.807) is 4.90 Å². The molecule has 0 unspecified atom stereocenters. The Morgan fingerprint density at radius 3 is 2.50 bits per heavy atom. The average molecular weight is 300 g/mol. The lowest BCUT2D eigenvalue weighted by Crippen LogP contribution is -2.37. The molecule has 0 bridgehead atoms. The molecule has 0 fully saturated rings. The second kappa shape index (κ2) is 6.58. The van der Waals surface area contributed by atoms with Crippen molar-refractivity contribution in [3.05, 3.63) is 18.2 Å². The maximum atomic E-state index is 11.6. The number of nitrogens with one attached hydrogen (secondary N) is 1. The molecule has 1 rings (SSSR count). The number of likely N-dealkylation sites (N-methyl/N-ethyl adjacent to an activating group) is 2. The number of rotatable bonds is 6. The van der Waals surface area contributed by atoms with Gasteiger partial charge in [-0.2, -0.15) is 0 Å². The lowest BCUT2D eigenvalue weighted by molar-refractivity contribution is -0.119. The molecule has 1 aromatic carbocycles. The van der Waals surface area contributed by atoms with Crippen LogP contribution in [0.4, 0.5) is 11.4 Å². The van der Waals surface area contributed by atoms with Crippen LogP contribution in [0.15, 0.2) is 23.1 Å². The maximum absolute atomic E-state index is 11.6. The van der Waals surface area contributed by atoms with Gasteiger partial charge in [0, 0.05) is 13.1 Å². The van der Waals surface area contributed by atoms with Gasteiger partial charge in [0.25, 0.3) is 0 Å². The SMILES string of the molecule is CCNC(=O)CN(CC)c1cc(S(N)(=O)=O)ccc1N. The highest BCUT2D eigenvalue weighted by Gasteiger charge is 2.16. The fourth-order valence-corrected chi connectivity index (χ4v) is 2.30. The number of amides is 1. The summed E-state index contributed by atoms with van der Waals surface area (Å²) in [4.78, 5) is 13.3. The summed E-state index contributed by atoms with van der Waals surface area (Å²) in [5, 5.41) is 7.78. The van der Waals surface area contributed by atoms with E-state index < -0.39 is 10.0 Å². The molecule has 0 heterocycles. The Bertz CT molecular complexity index is 586. The van der Waals surface area contributed by atoms with Crippen molar-refractivity contribution >= 4 is 27.3 Å². The van der Waals surface area contributed by atoms with Crippen molar-refractivity contribution in [3.8, 4) is 0 Å². The molecule has 0 aliphatic rings. The number of nitrogen functional groups attached to an aromatic ring is 1. The van der Waals surface area contributed by atoms with Gasteiger partial charge in [0.1, 0.15) is 0 Å². The van der Waals surface area contributed by atoms with Crippen molar-refractivity contribution in [2.75, 3.05) is 30.3 Å². The molecule has 0 aliphatic heterocycles. The van der Waals surface area contributed by atoms with Gasteiger partial charge >= 0.3 is 0 Å². The fourth-order valence-electron chi connectivity index (χ4n) is 1.77. The van der Waals surface area contributed by atoms with E-state index in [2.05, 4.69) is 5.32 Å². The van der Waals surface area contributed by atoms with E-state index in [9.17, 15) is 13.2 Å². The molecule has 0 saturated heterocycles. The lowest BCUT2D eigenvalue weighted by atomic mass is 10.2. The Kier molecular flexibility index (Phi) is 5.34. The van der Waals surface area contributed by atoms with E-state index in [0.717, 1.165) is 0 Å². The summed E-state index contributed by atoms with van der Waals surface area (Å²) < 4.78 is 22.7. The van der Waals surface area contributed by atoms with Crippen molar-refractivity contribution < 1.29 is 13.2 Å². The first-order chi connectivity index (χ1) is 9.29. The molecule has 0 aromatic heterocycles. The van der Waals surface area contributed by atoms with Gasteiger partial charge in [-0.05, 0) is 32.0 Å². The van der Waals surface area contributed by atoms with E-state index >= 15 is 0 Å². The minimum Gasteiger partial charge on any atom is -0.397 e. The molecule has 7 nitrogen and oxygen atoms in total. The number of hydrogen-bond donors (Lipinski definition) is 3. The van der Waals surface area contributed by atoms with Gasteiger partial charge in [0.15, 0.2) is 0 Å². The van der Waals surface area contributed by atoms with Gasteiger partial charge in [0.05, 0.1) is 22.8 Å². The van der Waals surface area contributed by atoms with Crippen LogP contribution in [0.1, 0.15) is 13.8 Å². The number of nitrogens with two attached hydrogens (primary N) is 2. The topological polar surface area (TPSA) is 119 Å². The minimum absolute atomic E-state index is 0.0314. The Morgan fingerprint density at radius 2 is 2.00 bits per heavy atom. The van der Waals surface area contributed by atoms with E-state index in [0.29, 0.717) is 24.5 Å². The third-order valence-corrected chi connectivity index (χ3v) is 3.67. The molecule has 0 spiro atoms. The van der Waals surface area contributed by atoms with Gasteiger partial charge < -0.3 is 16.0 Å². The molecule has 20 heavy (non-hydrogen) atoms. The second-order valence-electron chi connectivity index (χ2n) is 4.23. The van der Waals surface area contributed by atoms with Gasteiger partial charge in [-0.15, -0.1) is 0 Å². The highest BCUT2D eigenvalue weighted by Crippen LogP contribution is 2.26. The highest BCUT2D eigenvalue weighted by molar-refractivity contribution is 7.89. The highest BCUT2D eigenvalue weighted by atomic mass is 32.2. The van der Waals surface area contributed by atoms with Crippen LogP contribution >= 0.6 is 0 Å². The molecule has 1 amide bonds. The summed E-state index contributed by atoms with van der Waals surface area (Å²) in [6, 6.07) is 4.19. The lowest BCUT2D eigenvalue weighted by Gasteiger charge is -2.24. The van der Waals surface area contributed by atoms with Crippen LogP contribution in [0.3, 0.4) is 0 Å². The van der Waals surface area contributed by atoms with Gasteiger partial charge in [-0.25, -0.2) is 13.6 Å². The number of nitrogens with zero attached hydrogens (tertiary/aromatic N) is 1. The van der Waals surface area contributed by atoms with Crippen molar-refractivity contribution in [1.29, 1.82) is 0 Å². The molecule has 0 aliphatic carbocycles. The number of benzene rings is 1. The van der Waals surface area contributed by atoms with Crippen LogP contribution in [0.5, 0.6) is 0 Å². The monoisotopic (exact) mass is 300 g/mol. The molecular formula is C12H20N4O3S. The first-order valence-corrected chi connectivity index (χ1v) is 7.78. The minimum atomic E-state index is -3.81. The molecule has 112 valence electrons. The standard InChI is InChI=1S/C12H20N4O3S/c1-3-15-12(17)8-16(4-2)11-7-9(20(14,18)19)5-6-10(11)13/h5-7H,3-4,8,13H2,1-2H3,(H,15,17)(H2,14,18,19). The van der Waals surface area contributed by atoms with E-state index in [1.165, 1.54) is 18.2 Å². The zero-order valence-electron chi connectivity index (χ0n) is 11.6. The molecule has 1 aromatic rings. The van der Waals surface area contributed by atoms with Crippen LogP contribution in [0.2, 0.25) is 0 Å². The van der Waals surface area contributed by atoms with Gasteiger partial charge in [-0.1, -0.05) is 0 Å². The maximum Gasteiger partial charge on any atom is 0.239 e. The fraction of sp³-hybridized carbons (Fsp3) is 0.417. The smallest absolute Gasteiger partial charge is 0.239 e. The summed E-state index contributed by atoms with van der Waals surface area (Å²) in [6.45, 7) is 4.81. The van der Waals surface area contributed by atoms with Gasteiger partial charge in [0.2, 0.25) is 15.9 Å². The van der Waals surface area contributed by atoms with Crippen LogP contribution in [-0.2, 0) is 14.8 Å². The Balaban J connectivity index is 3.11. The van der Waals surface area contributed by atoms with Crippen LogP contribution < -0.4 is 21.1 Å². The summed E-state index contributed by atoms with van der Waals surface area (Å²) in [6.07, 6.45) is 0. The largest absolute Gasteiger partial charge is 0.397 e. The third kappa shape index (κ3) is 4.10. The van der Waals surface area contributed by atoms with Crippen molar-refractivity contribution in [2.45, 2.75) is 18.7 Å². The summed E-state index contributed by atoms with van der Waals surface area (Å²) in [5.74, 6) is -0.158. The second-order valence-corrected chi connectivity index (χ2v) is 5.79. The molecule has 0 atom stereocenters. The van der Waals surface area contributed by atoms with Gasteiger partial charge in [-0.3, -0.25) is 4.79 Å². The Morgan fingerprint density at radius 1 is 1.35 bits per heavy atom. The van der Waals surface area contributed by atoms with E-state index in [4.69, 9.17) is 10.9 Å². The van der Waals surface area contributed by atoms with Crippen LogP contribution in [0.25, 0.3) is 0 Å². The summed E-state index contributed by atoms with van der Waals surface area (Å²) in [7, 11) is -3.81. The summed E-state index contributed by atoms with van der Waals surface area (Å²) in [5.41, 5.74) is 6.72. The number of sulfonamides is 1. The molecule has 5 N–H and O–H groups in total. The predicted molar refractivity (Wildman–Crippen MR) is 78.8 cm³/mol. The number of carbonyl (C=O) groups excluding carboxylic acids is 1. The normalized spacial score (nSPS) is 11.2. The Labute approximate surface area is 119 Å². The first-order valence-electron chi connectivity index (χ1n) is 6.23. The first kappa shape index (κ1) is 16.3. The zero-order chi connectivity index (χ0) is 15.3. The number of carbonyl (C=O) groups is 1. The van der Waals surface area contributed by atoms with Crippen molar-refractivity contribution in [1.82, 2.24) is 5.32 Å². The van der Waals surface area contributed by atoms with Crippen molar-refractivity contribution in [2.24, 2.45) is 5.14 Å². The van der Waals surface area contributed by atoms with E-state index in [1.807, 2.05) is 13.8 Å². The molecule has 0 radical (unpaired) electrons. The molecular weight excluding hydrogens is 280 g/mol. The van der Waals surface area contributed by atoms with E-state index in [-0.39, 0.29) is 17.3 Å². The van der Waals surface area contributed by atoms with Crippen LogP contribution in [0, 0.1) is 0 Å². The van der Waals surface area contributed by atoms with Crippen LogP contribution in [-0.4, -0.2) is 34.0 Å². The Hall–Kier alpha value is -1.80. The number of primary sulfonamides is 1. The third-order valence-electron chi connectivity index (χ3n) is 2.76. The predicted octanol–water partition coefficient (Wildman–Crippen LogP) is -0.121.